The third-order valence-electron chi connectivity index (χ3n) is 3.64. The van der Waals surface area contributed by atoms with Crippen LogP contribution in [0.1, 0.15) is 21.1 Å². The summed E-state index contributed by atoms with van der Waals surface area (Å²) >= 11 is 1.69. The van der Waals surface area contributed by atoms with E-state index in [-0.39, 0.29) is 6.61 Å². The highest BCUT2D eigenvalue weighted by Gasteiger charge is 2.31. The van der Waals surface area contributed by atoms with E-state index in [0.717, 1.165) is 16.3 Å². The molecule has 0 spiro atoms. The van der Waals surface area contributed by atoms with Crippen LogP contribution in [0.5, 0.6) is 0 Å². The molecule has 1 atom stereocenters. The zero-order valence-corrected chi connectivity index (χ0v) is 12.2. The Morgan fingerprint density at radius 1 is 1.26 bits per heavy atom. The van der Waals surface area contributed by atoms with Gasteiger partial charge in [0.2, 0.25) is 0 Å². The smallest absolute Gasteiger partial charge is 0.0941 e. The van der Waals surface area contributed by atoms with Crippen molar-refractivity contribution in [2.75, 3.05) is 13.2 Å². The predicted molar refractivity (Wildman–Crippen MR) is 79.6 cm³/mol. The molecule has 0 saturated carbocycles. The van der Waals surface area contributed by atoms with Gasteiger partial charge >= 0.3 is 0 Å². The van der Waals surface area contributed by atoms with Crippen molar-refractivity contribution >= 4 is 11.3 Å². The molecule has 2 aromatic rings. The van der Waals surface area contributed by atoms with Crippen LogP contribution < -0.4 is 5.73 Å². The SMILES string of the molecule is Cc1nc(CC(CN)(CO)c2ccccc2)sc1C. The molecule has 0 radical (unpaired) electrons. The Hall–Kier alpha value is -1.23. The third kappa shape index (κ3) is 2.86. The first kappa shape index (κ1) is 14.2. The number of aromatic nitrogens is 1. The van der Waals surface area contributed by atoms with Gasteiger partial charge in [-0.1, -0.05) is 30.3 Å². The molecule has 1 unspecified atom stereocenters. The summed E-state index contributed by atoms with van der Waals surface area (Å²) in [4.78, 5) is 5.80. The molecule has 0 saturated heterocycles. The fourth-order valence-electron chi connectivity index (χ4n) is 2.20. The largest absolute Gasteiger partial charge is 0.395 e. The van der Waals surface area contributed by atoms with Gasteiger partial charge in [-0.25, -0.2) is 4.98 Å². The summed E-state index contributed by atoms with van der Waals surface area (Å²) in [5.74, 6) is 0. The number of nitrogens with zero attached hydrogens (tertiary/aromatic N) is 1. The lowest BCUT2D eigenvalue weighted by Gasteiger charge is -2.30. The van der Waals surface area contributed by atoms with Gasteiger partial charge in [0.1, 0.15) is 0 Å². The van der Waals surface area contributed by atoms with Crippen molar-refractivity contribution < 1.29 is 5.11 Å². The molecule has 19 heavy (non-hydrogen) atoms. The Morgan fingerprint density at radius 3 is 2.42 bits per heavy atom. The second-order valence-electron chi connectivity index (χ2n) is 4.93. The van der Waals surface area contributed by atoms with Crippen molar-refractivity contribution in [2.45, 2.75) is 25.7 Å². The topological polar surface area (TPSA) is 59.1 Å². The van der Waals surface area contributed by atoms with Crippen LogP contribution in [0, 0.1) is 13.8 Å². The minimum absolute atomic E-state index is 0.0329. The number of rotatable bonds is 5. The Balaban J connectivity index is 2.35. The summed E-state index contributed by atoms with van der Waals surface area (Å²) in [6.07, 6.45) is 0.684. The lowest BCUT2D eigenvalue weighted by atomic mass is 9.78. The Morgan fingerprint density at radius 2 is 1.95 bits per heavy atom. The first-order valence-corrected chi connectivity index (χ1v) is 7.22. The second kappa shape index (κ2) is 5.82. The fraction of sp³-hybridized carbons (Fsp3) is 0.400. The van der Waals surface area contributed by atoms with E-state index in [9.17, 15) is 5.11 Å². The highest BCUT2D eigenvalue weighted by molar-refractivity contribution is 7.11. The van der Waals surface area contributed by atoms with Crippen LogP contribution in [0.15, 0.2) is 30.3 Å². The van der Waals surface area contributed by atoms with Gasteiger partial charge < -0.3 is 10.8 Å². The summed E-state index contributed by atoms with van der Waals surface area (Å²) < 4.78 is 0. The Kier molecular flexibility index (Phi) is 4.34. The summed E-state index contributed by atoms with van der Waals surface area (Å²) in [5.41, 5.74) is 7.67. The molecule has 0 aliphatic heterocycles. The molecular formula is C15H20N2OS. The molecule has 1 heterocycles. The quantitative estimate of drug-likeness (QED) is 0.880. The Bertz CT molecular complexity index is 513. The highest BCUT2D eigenvalue weighted by Crippen LogP contribution is 2.29. The van der Waals surface area contributed by atoms with Crippen LogP contribution in [0.2, 0.25) is 0 Å². The summed E-state index contributed by atoms with van der Waals surface area (Å²) in [6.45, 7) is 4.53. The highest BCUT2D eigenvalue weighted by atomic mass is 32.1. The third-order valence-corrected chi connectivity index (χ3v) is 4.71. The molecule has 4 heteroatoms. The van der Waals surface area contributed by atoms with Crippen LogP contribution in [0.25, 0.3) is 0 Å². The van der Waals surface area contributed by atoms with Crippen LogP contribution >= 0.6 is 11.3 Å². The van der Waals surface area contributed by atoms with Crippen molar-refractivity contribution in [3.05, 3.63) is 51.5 Å². The zero-order valence-electron chi connectivity index (χ0n) is 11.4. The molecule has 1 aromatic heterocycles. The van der Waals surface area contributed by atoms with Gasteiger partial charge in [-0.05, 0) is 19.4 Å². The number of nitrogens with two attached hydrogens (primary N) is 1. The average Bonchev–Trinajstić information content (AvgIpc) is 2.76. The number of aliphatic hydroxyl groups excluding tert-OH is 1. The van der Waals surface area contributed by atoms with Crippen LogP contribution in [0.4, 0.5) is 0 Å². The number of aliphatic hydroxyl groups is 1. The van der Waals surface area contributed by atoms with Gasteiger partial charge in [0.25, 0.3) is 0 Å². The minimum Gasteiger partial charge on any atom is -0.395 e. The Labute approximate surface area is 118 Å². The van der Waals surface area contributed by atoms with Crippen molar-refractivity contribution in [1.82, 2.24) is 4.98 Å². The van der Waals surface area contributed by atoms with E-state index in [1.54, 1.807) is 11.3 Å². The molecule has 0 fully saturated rings. The lowest BCUT2D eigenvalue weighted by molar-refractivity contribution is 0.196. The lowest BCUT2D eigenvalue weighted by Crippen LogP contribution is -2.41. The molecule has 1 aromatic carbocycles. The predicted octanol–water partition coefficient (Wildman–Crippen LogP) is 2.19. The van der Waals surface area contributed by atoms with Crippen molar-refractivity contribution in [1.29, 1.82) is 0 Å². The molecule has 0 bridgehead atoms. The first-order chi connectivity index (χ1) is 9.11. The van der Waals surface area contributed by atoms with Gasteiger partial charge in [-0.2, -0.15) is 0 Å². The van der Waals surface area contributed by atoms with Gasteiger partial charge in [-0.15, -0.1) is 11.3 Å². The summed E-state index contributed by atoms with van der Waals surface area (Å²) in [7, 11) is 0. The van der Waals surface area contributed by atoms with Crippen LogP contribution in [0.3, 0.4) is 0 Å². The number of hydrogen-bond acceptors (Lipinski definition) is 4. The molecule has 0 amide bonds. The second-order valence-corrected chi connectivity index (χ2v) is 6.22. The van der Waals surface area contributed by atoms with Gasteiger partial charge in [0.15, 0.2) is 0 Å². The van der Waals surface area contributed by atoms with E-state index in [2.05, 4.69) is 11.9 Å². The fourth-order valence-corrected chi connectivity index (χ4v) is 3.28. The van der Waals surface area contributed by atoms with Crippen LogP contribution in [-0.4, -0.2) is 23.2 Å². The van der Waals surface area contributed by atoms with Crippen molar-refractivity contribution in [2.24, 2.45) is 5.73 Å². The van der Waals surface area contributed by atoms with Gasteiger partial charge in [0, 0.05) is 23.3 Å². The number of hydrogen-bond donors (Lipinski definition) is 2. The molecule has 0 aliphatic rings. The minimum atomic E-state index is -0.433. The first-order valence-electron chi connectivity index (χ1n) is 6.40. The summed E-state index contributed by atoms with van der Waals surface area (Å²) in [5, 5.41) is 10.9. The maximum Gasteiger partial charge on any atom is 0.0941 e. The van der Waals surface area contributed by atoms with Crippen molar-refractivity contribution in [3.63, 3.8) is 0 Å². The normalized spacial score (nSPS) is 14.3. The zero-order chi connectivity index (χ0) is 13.9. The molecule has 2 rings (SSSR count). The van der Waals surface area contributed by atoms with Gasteiger partial charge in [0.05, 0.1) is 17.3 Å². The maximum absolute atomic E-state index is 9.86. The standard InChI is InChI=1S/C15H20N2OS/c1-11-12(2)19-14(17-11)8-15(9-16,10-18)13-6-4-3-5-7-13/h3-7,18H,8-10,16H2,1-2H3. The number of thiazole rings is 1. The molecule has 3 nitrogen and oxygen atoms in total. The van der Waals surface area contributed by atoms with Crippen LogP contribution in [-0.2, 0) is 11.8 Å². The van der Waals surface area contributed by atoms with E-state index < -0.39 is 5.41 Å². The van der Waals surface area contributed by atoms with E-state index >= 15 is 0 Å². The number of benzene rings is 1. The number of aryl methyl sites for hydroxylation is 2. The summed E-state index contributed by atoms with van der Waals surface area (Å²) in [6, 6.07) is 9.98. The van der Waals surface area contributed by atoms with E-state index in [0.29, 0.717) is 13.0 Å². The van der Waals surface area contributed by atoms with E-state index in [1.807, 2.05) is 37.3 Å². The van der Waals surface area contributed by atoms with E-state index in [1.165, 1.54) is 4.88 Å². The molecule has 3 N–H and O–H groups in total. The van der Waals surface area contributed by atoms with Gasteiger partial charge in [-0.3, -0.25) is 0 Å². The van der Waals surface area contributed by atoms with E-state index in [4.69, 9.17) is 5.73 Å². The average molecular weight is 276 g/mol. The maximum atomic E-state index is 9.86. The molecule has 102 valence electrons. The molecule has 0 aliphatic carbocycles. The molecular weight excluding hydrogens is 256 g/mol. The van der Waals surface area contributed by atoms with Crippen molar-refractivity contribution in [3.8, 4) is 0 Å². The monoisotopic (exact) mass is 276 g/mol.